The molecule has 8 heteroatoms. The molecule has 3 aliphatic heterocycles. The lowest BCUT2D eigenvalue weighted by molar-refractivity contribution is 0.0644. The summed E-state index contributed by atoms with van der Waals surface area (Å²) in [5, 5.41) is 12.7. The first kappa shape index (κ1) is 27.5. The molecule has 7 nitrogen and oxygen atoms in total. The molecule has 220 valence electrons. The number of pyridine rings is 1. The van der Waals surface area contributed by atoms with E-state index in [1.54, 1.807) is 6.20 Å². The molecule has 1 N–H and O–H groups in total. The van der Waals surface area contributed by atoms with Crippen LogP contribution < -0.4 is 9.64 Å². The summed E-state index contributed by atoms with van der Waals surface area (Å²) < 4.78 is 23.1. The van der Waals surface area contributed by atoms with Crippen LogP contribution in [0, 0.1) is 5.82 Å². The van der Waals surface area contributed by atoms with Crippen molar-refractivity contribution in [2.45, 2.75) is 76.3 Å². The molecule has 0 radical (unpaired) electrons. The Hall–Kier alpha value is -3.36. The van der Waals surface area contributed by atoms with Crippen molar-refractivity contribution in [1.82, 2.24) is 19.9 Å². The zero-order chi connectivity index (χ0) is 28.7. The number of ether oxygens (including phenoxy) is 1. The zero-order valence-electron chi connectivity index (χ0n) is 24.5. The molecule has 3 fully saturated rings. The minimum atomic E-state index is -0.434. The fraction of sp³-hybridized carbons (Fsp3) is 0.500. The summed E-state index contributed by atoms with van der Waals surface area (Å²) in [6, 6.07) is 12.6. The minimum absolute atomic E-state index is 0.115. The third-order valence-corrected chi connectivity index (χ3v) is 9.89. The topological polar surface area (TPSA) is 74.6 Å². The van der Waals surface area contributed by atoms with Crippen LogP contribution in [0.1, 0.15) is 63.9 Å². The Morgan fingerprint density at radius 3 is 2.60 bits per heavy atom. The fourth-order valence-electron chi connectivity index (χ4n) is 7.71. The minimum Gasteiger partial charge on any atom is -0.461 e. The second-order valence-corrected chi connectivity index (χ2v) is 12.3. The number of benzene rings is 2. The average Bonchev–Trinajstić information content (AvgIpc) is 3.46. The summed E-state index contributed by atoms with van der Waals surface area (Å²) in [4.78, 5) is 19.0. The molecule has 0 unspecified atom stereocenters. The van der Waals surface area contributed by atoms with Gasteiger partial charge in [0.2, 0.25) is 0 Å². The maximum atomic E-state index is 16.7. The van der Waals surface area contributed by atoms with Crippen LogP contribution in [0.3, 0.4) is 0 Å². The fourth-order valence-corrected chi connectivity index (χ4v) is 7.71. The van der Waals surface area contributed by atoms with E-state index in [0.29, 0.717) is 23.5 Å². The van der Waals surface area contributed by atoms with E-state index < -0.39 is 5.82 Å². The van der Waals surface area contributed by atoms with Crippen LogP contribution in [0.25, 0.3) is 32.9 Å². The standard InChI is InChI=1S/C34H40FN5O2/c1-2-23-10-7-11-24-12-8-13-26(28(23)24)30-29(35)31-27(20-36-30)32(39-17-5-3-4-6-18-39)38-33(37-31)42-22-34-15-9-19-40(34)25(21-41)14-16-34/h7-8,10-13,20,25,41H,2-6,9,14-19,21-22H2,1H3/t25-,34+/m0/s1. The molecule has 42 heavy (non-hydrogen) atoms. The van der Waals surface area contributed by atoms with Crippen molar-refractivity contribution in [3.8, 4) is 17.3 Å². The van der Waals surface area contributed by atoms with Gasteiger partial charge in [0.15, 0.2) is 5.82 Å². The van der Waals surface area contributed by atoms with Gasteiger partial charge in [-0.15, -0.1) is 0 Å². The summed E-state index contributed by atoms with van der Waals surface area (Å²) in [5.74, 6) is 0.276. The summed E-state index contributed by atoms with van der Waals surface area (Å²) >= 11 is 0. The van der Waals surface area contributed by atoms with Gasteiger partial charge in [-0.1, -0.05) is 56.2 Å². The first-order valence-electron chi connectivity index (χ1n) is 15.7. The molecule has 2 aromatic heterocycles. The number of aliphatic hydroxyl groups excluding tert-OH is 1. The summed E-state index contributed by atoms with van der Waals surface area (Å²) in [7, 11) is 0. The molecule has 0 amide bonds. The predicted molar refractivity (Wildman–Crippen MR) is 165 cm³/mol. The smallest absolute Gasteiger partial charge is 0.319 e. The second kappa shape index (κ2) is 11.4. The summed E-state index contributed by atoms with van der Waals surface area (Å²) in [5.41, 5.74) is 2.40. The summed E-state index contributed by atoms with van der Waals surface area (Å²) in [6.45, 7) is 5.44. The van der Waals surface area contributed by atoms with Crippen molar-refractivity contribution in [2.24, 2.45) is 0 Å². The van der Waals surface area contributed by atoms with Gasteiger partial charge in [0.1, 0.15) is 23.6 Å². The van der Waals surface area contributed by atoms with Gasteiger partial charge in [-0.2, -0.15) is 9.97 Å². The van der Waals surface area contributed by atoms with Crippen molar-refractivity contribution in [3.63, 3.8) is 0 Å². The third kappa shape index (κ3) is 4.69. The van der Waals surface area contributed by atoms with Crippen molar-refractivity contribution in [1.29, 1.82) is 0 Å². The van der Waals surface area contributed by atoms with E-state index in [2.05, 4.69) is 41.0 Å². The highest BCUT2D eigenvalue weighted by Gasteiger charge is 2.49. The second-order valence-electron chi connectivity index (χ2n) is 12.3. The van der Waals surface area contributed by atoms with Gasteiger partial charge in [0.05, 0.1) is 17.5 Å². The normalized spacial score (nSPS) is 23.0. The SMILES string of the molecule is CCc1cccc2cccc(-c3ncc4c(N5CCCCCC5)nc(OC[C@]56CCCN5[C@H](CO)CC6)nc4c3F)c12. The number of halogens is 1. The van der Waals surface area contributed by atoms with Gasteiger partial charge < -0.3 is 14.7 Å². The van der Waals surface area contributed by atoms with E-state index in [4.69, 9.17) is 19.7 Å². The monoisotopic (exact) mass is 569 g/mol. The number of fused-ring (bicyclic) bond motifs is 3. The maximum absolute atomic E-state index is 16.7. The largest absolute Gasteiger partial charge is 0.461 e. The van der Waals surface area contributed by atoms with Crippen molar-refractivity contribution in [2.75, 3.05) is 37.7 Å². The van der Waals surface area contributed by atoms with Crippen molar-refractivity contribution >= 4 is 27.5 Å². The molecule has 5 heterocycles. The molecule has 4 aromatic rings. The Labute approximate surface area is 246 Å². The Balaban J connectivity index is 1.33. The van der Waals surface area contributed by atoms with Crippen LogP contribution in [0.4, 0.5) is 10.2 Å². The predicted octanol–water partition coefficient (Wildman–Crippen LogP) is 6.30. The third-order valence-electron chi connectivity index (χ3n) is 9.89. The van der Waals surface area contributed by atoms with Gasteiger partial charge in [-0.25, -0.2) is 4.39 Å². The van der Waals surface area contributed by atoms with Crippen LogP contribution >= 0.6 is 0 Å². The number of aryl methyl sites for hydroxylation is 1. The molecule has 0 bridgehead atoms. The molecule has 2 atom stereocenters. The maximum Gasteiger partial charge on any atom is 0.319 e. The lowest BCUT2D eigenvalue weighted by Gasteiger charge is -2.34. The van der Waals surface area contributed by atoms with E-state index in [1.165, 1.54) is 18.4 Å². The van der Waals surface area contributed by atoms with E-state index in [0.717, 1.165) is 80.9 Å². The number of hydrogen-bond donors (Lipinski definition) is 1. The molecule has 0 saturated carbocycles. The zero-order valence-corrected chi connectivity index (χ0v) is 24.5. The van der Waals surface area contributed by atoms with Crippen LogP contribution in [0.2, 0.25) is 0 Å². The summed E-state index contributed by atoms with van der Waals surface area (Å²) in [6.07, 6.45) is 11.2. The first-order chi connectivity index (χ1) is 20.6. The quantitative estimate of drug-likeness (QED) is 0.280. The Bertz CT molecular complexity index is 1600. The van der Waals surface area contributed by atoms with Crippen molar-refractivity contribution < 1.29 is 14.2 Å². The van der Waals surface area contributed by atoms with Crippen LogP contribution in [0.15, 0.2) is 42.6 Å². The van der Waals surface area contributed by atoms with E-state index in [1.807, 2.05) is 12.1 Å². The van der Waals surface area contributed by atoms with Gasteiger partial charge in [-0.3, -0.25) is 9.88 Å². The highest BCUT2D eigenvalue weighted by molar-refractivity contribution is 6.00. The first-order valence-corrected chi connectivity index (χ1v) is 15.7. The number of hydrogen-bond acceptors (Lipinski definition) is 7. The molecule has 0 aliphatic carbocycles. The lowest BCUT2D eigenvalue weighted by Crippen LogP contribution is -2.47. The number of nitrogens with zero attached hydrogens (tertiary/aromatic N) is 5. The van der Waals surface area contributed by atoms with E-state index >= 15 is 4.39 Å². The molecular formula is C34H40FN5O2. The number of rotatable bonds is 7. The van der Waals surface area contributed by atoms with E-state index in [-0.39, 0.29) is 29.7 Å². The highest BCUT2D eigenvalue weighted by Crippen LogP contribution is 2.43. The number of anilines is 1. The Kier molecular flexibility index (Phi) is 7.44. The molecule has 2 aromatic carbocycles. The Morgan fingerprint density at radius 2 is 1.81 bits per heavy atom. The highest BCUT2D eigenvalue weighted by atomic mass is 19.1. The molecular weight excluding hydrogens is 529 g/mol. The van der Waals surface area contributed by atoms with Crippen LogP contribution in [-0.2, 0) is 6.42 Å². The number of aromatic nitrogens is 3. The Morgan fingerprint density at radius 1 is 1.00 bits per heavy atom. The van der Waals surface area contributed by atoms with Gasteiger partial charge >= 0.3 is 6.01 Å². The van der Waals surface area contributed by atoms with E-state index in [9.17, 15) is 5.11 Å². The molecule has 3 saturated heterocycles. The van der Waals surface area contributed by atoms with Crippen LogP contribution in [0.5, 0.6) is 6.01 Å². The lowest BCUT2D eigenvalue weighted by atomic mass is 9.95. The average molecular weight is 570 g/mol. The molecule has 3 aliphatic rings. The van der Waals surface area contributed by atoms with Crippen LogP contribution in [-0.4, -0.2) is 69.4 Å². The van der Waals surface area contributed by atoms with Gasteiger partial charge in [0.25, 0.3) is 0 Å². The molecule has 0 spiro atoms. The number of aliphatic hydroxyl groups is 1. The van der Waals surface area contributed by atoms with Crippen molar-refractivity contribution in [3.05, 3.63) is 54.0 Å². The van der Waals surface area contributed by atoms with Gasteiger partial charge in [0, 0.05) is 30.9 Å². The van der Waals surface area contributed by atoms with Gasteiger partial charge in [-0.05, 0) is 67.8 Å². The molecule has 7 rings (SSSR count).